The Hall–Kier alpha value is -1.93. The first kappa shape index (κ1) is 19.1. The lowest BCUT2D eigenvalue weighted by Crippen LogP contribution is -2.25. The van der Waals surface area contributed by atoms with Crippen LogP contribution in [0.15, 0.2) is 29.2 Å². The number of ether oxygens (including phenoxy) is 1. The number of esters is 1. The molecular formula is C15H22N2O5S. The molecule has 1 aromatic carbocycles. The van der Waals surface area contributed by atoms with E-state index in [2.05, 4.69) is 14.8 Å². The maximum absolute atomic E-state index is 12.0. The smallest absolute Gasteiger partial charge is 0.305 e. The van der Waals surface area contributed by atoms with Crippen LogP contribution in [0.2, 0.25) is 0 Å². The predicted octanol–water partition coefficient (Wildman–Crippen LogP) is 1.06. The van der Waals surface area contributed by atoms with Gasteiger partial charge in [-0.05, 0) is 38.1 Å². The first-order valence-corrected chi connectivity index (χ1v) is 8.77. The van der Waals surface area contributed by atoms with Crippen LogP contribution in [-0.2, 0) is 19.6 Å². The van der Waals surface area contributed by atoms with E-state index in [0.29, 0.717) is 19.4 Å². The lowest BCUT2D eigenvalue weighted by atomic mass is 10.2. The molecule has 1 aromatic rings. The minimum Gasteiger partial charge on any atom is -0.469 e. The second-order valence-electron chi connectivity index (χ2n) is 4.88. The van der Waals surface area contributed by atoms with Gasteiger partial charge in [-0.25, -0.2) is 13.1 Å². The van der Waals surface area contributed by atoms with Gasteiger partial charge < -0.3 is 10.1 Å². The third-order valence-corrected chi connectivity index (χ3v) is 4.66. The number of methoxy groups -OCH3 is 1. The van der Waals surface area contributed by atoms with Crippen LogP contribution in [0.5, 0.6) is 0 Å². The van der Waals surface area contributed by atoms with Crippen LogP contribution in [0.4, 0.5) is 0 Å². The molecule has 1 amide bonds. The summed E-state index contributed by atoms with van der Waals surface area (Å²) >= 11 is 0. The van der Waals surface area contributed by atoms with Gasteiger partial charge in [-0.3, -0.25) is 9.59 Å². The van der Waals surface area contributed by atoms with Crippen molar-refractivity contribution in [2.45, 2.75) is 30.6 Å². The molecule has 8 heteroatoms. The van der Waals surface area contributed by atoms with Crippen LogP contribution >= 0.6 is 0 Å². The Kier molecular flexibility index (Phi) is 7.70. The van der Waals surface area contributed by atoms with Crippen molar-refractivity contribution in [3.63, 3.8) is 0 Å². The summed E-state index contributed by atoms with van der Waals surface area (Å²) in [7, 11) is -0.903. The number of unbranched alkanes of at least 4 members (excludes halogenated alkanes) is 2. The molecule has 0 aromatic heterocycles. The minimum atomic E-state index is -3.57. The van der Waals surface area contributed by atoms with Gasteiger partial charge in [0.25, 0.3) is 5.91 Å². The molecule has 0 bridgehead atoms. The fourth-order valence-corrected chi connectivity index (χ4v) is 2.68. The van der Waals surface area contributed by atoms with Crippen molar-refractivity contribution < 1.29 is 22.7 Å². The van der Waals surface area contributed by atoms with Crippen molar-refractivity contribution in [3.8, 4) is 0 Å². The lowest BCUT2D eigenvalue weighted by molar-refractivity contribution is -0.140. The maximum Gasteiger partial charge on any atom is 0.305 e. The molecule has 0 aliphatic rings. The van der Waals surface area contributed by atoms with E-state index in [1.54, 1.807) is 6.07 Å². The van der Waals surface area contributed by atoms with Crippen molar-refractivity contribution >= 4 is 21.9 Å². The van der Waals surface area contributed by atoms with Gasteiger partial charge in [0.15, 0.2) is 0 Å². The number of hydrogen-bond acceptors (Lipinski definition) is 5. The highest BCUT2D eigenvalue weighted by Crippen LogP contribution is 2.11. The quantitative estimate of drug-likeness (QED) is 0.516. The summed E-state index contributed by atoms with van der Waals surface area (Å²) in [6.45, 7) is 0.461. The summed E-state index contributed by atoms with van der Waals surface area (Å²) in [6, 6.07) is 5.84. The van der Waals surface area contributed by atoms with E-state index in [1.165, 1.54) is 32.4 Å². The fourth-order valence-electron chi connectivity index (χ4n) is 1.90. The second kappa shape index (κ2) is 9.26. The van der Waals surface area contributed by atoms with Gasteiger partial charge in [0.2, 0.25) is 10.0 Å². The van der Waals surface area contributed by atoms with Crippen LogP contribution in [0.25, 0.3) is 0 Å². The molecule has 7 nitrogen and oxygen atoms in total. The Morgan fingerprint density at radius 3 is 2.57 bits per heavy atom. The number of carbonyl (C=O) groups excluding carboxylic acids is 2. The first-order chi connectivity index (χ1) is 10.9. The van der Waals surface area contributed by atoms with Gasteiger partial charge in [0.1, 0.15) is 0 Å². The molecule has 0 unspecified atom stereocenters. The number of sulfonamides is 1. The molecular weight excluding hydrogens is 320 g/mol. The highest BCUT2D eigenvalue weighted by Gasteiger charge is 2.13. The standard InChI is InChI=1S/C15H22N2O5S/c1-16-23(20,21)13-8-6-7-12(11-13)15(19)17-10-5-3-4-9-14(18)22-2/h6-8,11,16H,3-5,9-10H2,1-2H3,(H,17,19). The Balaban J connectivity index is 2.44. The predicted molar refractivity (Wildman–Crippen MR) is 85.5 cm³/mol. The van der Waals surface area contributed by atoms with E-state index in [-0.39, 0.29) is 22.3 Å². The number of carbonyl (C=O) groups is 2. The normalized spacial score (nSPS) is 11.0. The third-order valence-electron chi connectivity index (χ3n) is 3.25. The van der Waals surface area contributed by atoms with E-state index >= 15 is 0 Å². The Morgan fingerprint density at radius 1 is 1.17 bits per heavy atom. The average Bonchev–Trinajstić information content (AvgIpc) is 2.57. The summed E-state index contributed by atoms with van der Waals surface area (Å²) < 4.78 is 30.2. The summed E-state index contributed by atoms with van der Waals surface area (Å²) in [5.74, 6) is -0.567. The third kappa shape index (κ3) is 6.37. The highest BCUT2D eigenvalue weighted by atomic mass is 32.2. The second-order valence-corrected chi connectivity index (χ2v) is 6.76. The molecule has 2 N–H and O–H groups in total. The van der Waals surface area contributed by atoms with Crippen LogP contribution < -0.4 is 10.0 Å². The molecule has 0 atom stereocenters. The average molecular weight is 342 g/mol. The Labute approximate surface area is 136 Å². The summed E-state index contributed by atoms with van der Waals surface area (Å²) in [5, 5.41) is 2.73. The molecule has 23 heavy (non-hydrogen) atoms. The molecule has 0 aliphatic carbocycles. The van der Waals surface area contributed by atoms with Crippen LogP contribution in [-0.4, -0.2) is 41.0 Å². The van der Waals surface area contributed by atoms with Crippen molar-refractivity contribution in [3.05, 3.63) is 29.8 Å². The van der Waals surface area contributed by atoms with Crippen LogP contribution in [0.3, 0.4) is 0 Å². The summed E-state index contributed by atoms with van der Waals surface area (Å²) in [6.07, 6.45) is 2.60. The van der Waals surface area contributed by atoms with Gasteiger partial charge in [0, 0.05) is 18.5 Å². The van der Waals surface area contributed by atoms with Gasteiger partial charge in [-0.1, -0.05) is 12.5 Å². The zero-order valence-corrected chi connectivity index (χ0v) is 14.1. The van der Waals surface area contributed by atoms with E-state index in [4.69, 9.17) is 0 Å². The molecule has 0 heterocycles. The summed E-state index contributed by atoms with van der Waals surface area (Å²) in [4.78, 5) is 23.0. The minimum absolute atomic E-state index is 0.0470. The molecule has 0 saturated carbocycles. The summed E-state index contributed by atoms with van der Waals surface area (Å²) in [5.41, 5.74) is 0.288. The fraction of sp³-hybridized carbons (Fsp3) is 0.467. The molecule has 0 aliphatic heterocycles. The molecule has 0 saturated heterocycles. The largest absolute Gasteiger partial charge is 0.469 e. The number of nitrogens with one attached hydrogen (secondary N) is 2. The topological polar surface area (TPSA) is 102 Å². The highest BCUT2D eigenvalue weighted by molar-refractivity contribution is 7.89. The van der Waals surface area contributed by atoms with Gasteiger partial charge in [0.05, 0.1) is 12.0 Å². The van der Waals surface area contributed by atoms with Gasteiger partial charge >= 0.3 is 5.97 Å². The van der Waals surface area contributed by atoms with Crippen molar-refractivity contribution in [1.29, 1.82) is 0 Å². The van der Waals surface area contributed by atoms with E-state index in [1.807, 2.05) is 0 Å². The Bertz CT molecular complexity index is 643. The SMILES string of the molecule is CNS(=O)(=O)c1cccc(C(=O)NCCCCCC(=O)OC)c1. The zero-order valence-electron chi connectivity index (χ0n) is 13.3. The van der Waals surface area contributed by atoms with Crippen molar-refractivity contribution in [2.75, 3.05) is 20.7 Å². The molecule has 0 spiro atoms. The maximum atomic E-state index is 12.0. The van der Waals surface area contributed by atoms with Crippen LogP contribution in [0, 0.1) is 0 Å². The van der Waals surface area contributed by atoms with Gasteiger partial charge in [-0.15, -0.1) is 0 Å². The van der Waals surface area contributed by atoms with Crippen molar-refractivity contribution in [1.82, 2.24) is 10.0 Å². The van der Waals surface area contributed by atoms with Gasteiger partial charge in [-0.2, -0.15) is 0 Å². The molecule has 1 rings (SSSR count). The van der Waals surface area contributed by atoms with E-state index < -0.39 is 10.0 Å². The van der Waals surface area contributed by atoms with E-state index in [9.17, 15) is 18.0 Å². The lowest BCUT2D eigenvalue weighted by Gasteiger charge is -2.07. The molecule has 0 fully saturated rings. The number of rotatable bonds is 9. The van der Waals surface area contributed by atoms with E-state index in [0.717, 1.165) is 12.8 Å². The Morgan fingerprint density at radius 2 is 1.91 bits per heavy atom. The van der Waals surface area contributed by atoms with Crippen molar-refractivity contribution in [2.24, 2.45) is 0 Å². The van der Waals surface area contributed by atoms with Crippen LogP contribution in [0.1, 0.15) is 36.0 Å². The first-order valence-electron chi connectivity index (χ1n) is 7.29. The number of hydrogen-bond donors (Lipinski definition) is 2. The monoisotopic (exact) mass is 342 g/mol. The molecule has 128 valence electrons. The zero-order chi connectivity index (χ0) is 17.3. The molecule has 0 radical (unpaired) electrons. The number of amides is 1. The number of benzene rings is 1.